The highest BCUT2D eigenvalue weighted by molar-refractivity contribution is 5.96. The van der Waals surface area contributed by atoms with Crippen LogP contribution >= 0.6 is 0 Å². The number of hydrogen-bond acceptors (Lipinski definition) is 3. The zero-order valence-corrected chi connectivity index (χ0v) is 12.1. The summed E-state index contributed by atoms with van der Waals surface area (Å²) in [6.45, 7) is 0.383. The van der Waals surface area contributed by atoms with Crippen LogP contribution in [0.4, 0.5) is 0 Å². The van der Waals surface area contributed by atoms with Gasteiger partial charge in [0.05, 0.1) is 0 Å². The monoisotopic (exact) mass is 293 g/mol. The molecule has 0 saturated carbocycles. The van der Waals surface area contributed by atoms with Gasteiger partial charge in [-0.15, -0.1) is 0 Å². The number of nitrogens with zero attached hydrogens (tertiary/aromatic N) is 2. The van der Waals surface area contributed by atoms with E-state index in [9.17, 15) is 9.59 Å². The van der Waals surface area contributed by atoms with Crippen LogP contribution in [0.5, 0.6) is 0 Å². The Hall–Kier alpha value is -2.95. The second kappa shape index (κ2) is 5.81. The fraction of sp³-hybridized carbons (Fsp3) is 0.118. The Kier molecular flexibility index (Phi) is 3.70. The van der Waals surface area contributed by atoms with Crippen LogP contribution < -0.4 is 10.9 Å². The lowest BCUT2D eigenvalue weighted by atomic mass is 10.2. The van der Waals surface area contributed by atoms with Crippen LogP contribution in [0.3, 0.4) is 0 Å². The van der Waals surface area contributed by atoms with Gasteiger partial charge in [-0.2, -0.15) is 0 Å². The van der Waals surface area contributed by atoms with E-state index in [4.69, 9.17) is 0 Å². The van der Waals surface area contributed by atoms with Crippen LogP contribution in [0.1, 0.15) is 15.9 Å². The van der Waals surface area contributed by atoms with Crippen molar-refractivity contribution in [1.29, 1.82) is 0 Å². The van der Waals surface area contributed by atoms with Crippen molar-refractivity contribution in [1.82, 2.24) is 14.9 Å². The lowest BCUT2D eigenvalue weighted by Gasteiger charge is -2.08. The number of hydrogen-bond donors (Lipinski definition) is 1. The number of carbonyl (C=O) groups is 1. The zero-order chi connectivity index (χ0) is 15.5. The normalized spacial score (nSPS) is 10.6. The summed E-state index contributed by atoms with van der Waals surface area (Å²) in [5.41, 5.74) is 1.32. The molecule has 2 heterocycles. The minimum atomic E-state index is -0.379. The van der Waals surface area contributed by atoms with Crippen molar-refractivity contribution in [2.75, 3.05) is 0 Å². The number of pyridine rings is 2. The quantitative estimate of drug-likeness (QED) is 0.801. The van der Waals surface area contributed by atoms with Crippen molar-refractivity contribution >= 4 is 16.9 Å². The summed E-state index contributed by atoms with van der Waals surface area (Å²) in [5.74, 6) is -0.379. The van der Waals surface area contributed by atoms with E-state index in [1.165, 1.54) is 4.57 Å². The predicted octanol–water partition coefficient (Wildman–Crippen LogP) is 1.86. The maximum absolute atomic E-state index is 12.3. The molecule has 1 aromatic carbocycles. The Morgan fingerprint density at radius 1 is 1.18 bits per heavy atom. The summed E-state index contributed by atoms with van der Waals surface area (Å²) in [7, 11) is 1.62. The van der Waals surface area contributed by atoms with E-state index in [0.717, 1.165) is 10.9 Å². The van der Waals surface area contributed by atoms with Crippen molar-refractivity contribution in [2.24, 2.45) is 7.05 Å². The number of amides is 1. The smallest absolute Gasteiger partial charge is 0.264 e. The zero-order valence-electron chi connectivity index (χ0n) is 12.1. The van der Waals surface area contributed by atoms with E-state index < -0.39 is 0 Å². The number of nitrogens with one attached hydrogen (secondary N) is 1. The molecule has 1 N–H and O–H groups in total. The molecule has 22 heavy (non-hydrogen) atoms. The summed E-state index contributed by atoms with van der Waals surface area (Å²) in [4.78, 5) is 28.8. The number of rotatable bonds is 3. The molecule has 5 nitrogen and oxygen atoms in total. The standard InChI is InChI=1S/C17H15N3O2/c1-20-15-13(8-5-9-18-15)10-14(17(20)22)16(21)19-11-12-6-3-2-4-7-12/h2-10H,11H2,1H3,(H,19,21). The van der Waals surface area contributed by atoms with E-state index in [2.05, 4.69) is 10.3 Å². The summed E-state index contributed by atoms with van der Waals surface area (Å²) in [5, 5.41) is 3.53. The van der Waals surface area contributed by atoms with E-state index in [0.29, 0.717) is 12.2 Å². The van der Waals surface area contributed by atoms with E-state index in [-0.39, 0.29) is 17.0 Å². The van der Waals surface area contributed by atoms with Crippen molar-refractivity contribution in [3.05, 3.63) is 76.2 Å². The molecule has 0 radical (unpaired) electrons. The first-order valence-corrected chi connectivity index (χ1v) is 6.93. The van der Waals surface area contributed by atoms with Crippen LogP contribution in [0.2, 0.25) is 0 Å². The highest BCUT2D eigenvalue weighted by atomic mass is 16.2. The van der Waals surface area contributed by atoms with Gasteiger partial charge in [0, 0.05) is 25.2 Å². The van der Waals surface area contributed by atoms with Crippen LogP contribution in [0.15, 0.2) is 59.5 Å². The third kappa shape index (κ3) is 2.61. The van der Waals surface area contributed by atoms with Crippen LogP contribution in [-0.4, -0.2) is 15.5 Å². The first-order chi connectivity index (χ1) is 10.7. The van der Waals surface area contributed by atoms with Gasteiger partial charge in [-0.1, -0.05) is 30.3 Å². The molecule has 0 fully saturated rings. The van der Waals surface area contributed by atoms with Crippen molar-refractivity contribution in [3.8, 4) is 0 Å². The van der Waals surface area contributed by atoms with Gasteiger partial charge >= 0.3 is 0 Å². The second-order valence-corrected chi connectivity index (χ2v) is 5.01. The molecule has 110 valence electrons. The number of aromatic nitrogens is 2. The number of carbonyl (C=O) groups excluding carboxylic acids is 1. The predicted molar refractivity (Wildman–Crippen MR) is 84.6 cm³/mol. The van der Waals surface area contributed by atoms with Crippen molar-refractivity contribution in [2.45, 2.75) is 6.54 Å². The number of fused-ring (bicyclic) bond motifs is 1. The Labute approximate surface area is 127 Å². The fourth-order valence-electron chi connectivity index (χ4n) is 2.33. The Bertz CT molecular complexity index is 885. The van der Waals surface area contributed by atoms with Gasteiger partial charge in [0.1, 0.15) is 11.2 Å². The molecule has 0 saturated heterocycles. The second-order valence-electron chi connectivity index (χ2n) is 5.01. The average molecular weight is 293 g/mol. The molecule has 1 amide bonds. The number of benzene rings is 1. The summed E-state index contributed by atoms with van der Waals surface area (Å²) >= 11 is 0. The first-order valence-electron chi connectivity index (χ1n) is 6.93. The largest absolute Gasteiger partial charge is 0.348 e. The highest BCUT2D eigenvalue weighted by Crippen LogP contribution is 2.09. The molecular weight excluding hydrogens is 278 g/mol. The minimum absolute atomic E-state index is 0.124. The van der Waals surface area contributed by atoms with E-state index in [1.807, 2.05) is 36.4 Å². The van der Waals surface area contributed by atoms with Crippen LogP contribution in [-0.2, 0) is 13.6 Å². The topological polar surface area (TPSA) is 64.0 Å². The highest BCUT2D eigenvalue weighted by Gasteiger charge is 2.14. The molecular formula is C17H15N3O2. The Morgan fingerprint density at radius 3 is 2.73 bits per heavy atom. The number of aryl methyl sites for hydroxylation is 1. The third-order valence-corrected chi connectivity index (χ3v) is 3.51. The molecule has 0 bridgehead atoms. The average Bonchev–Trinajstić information content (AvgIpc) is 2.57. The maximum Gasteiger partial charge on any atom is 0.264 e. The fourth-order valence-corrected chi connectivity index (χ4v) is 2.33. The minimum Gasteiger partial charge on any atom is -0.348 e. The summed E-state index contributed by atoms with van der Waals surface area (Å²) < 4.78 is 1.40. The van der Waals surface area contributed by atoms with Gasteiger partial charge in [0.15, 0.2) is 0 Å². The van der Waals surface area contributed by atoms with Crippen LogP contribution in [0.25, 0.3) is 11.0 Å². The molecule has 0 spiro atoms. The molecule has 2 aromatic heterocycles. The Morgan fingerprint density at radius 2 is 1.95 bits per heavy atom. The molecule has 0 unspecified atom stereocenters. The maximum atomic E-state index is 12.3. The molecule has 3 rings (SSSR count). The molecule has 0 aliphatic heterocycles. The summed E-state index contributed by atoms with van der Waals surface area (Å²) in [6, 6.07) is 14.8. The molecule has 5 heteroatoms. The SMILES string of the molecule is Cn1c(=O)c(C(=O)NCc2ccccc2)cc2cccnc21. The molecule has 0 aliphatic carbocycles. The van der Waals surface area contributed by atoms with Gasteiger partial charge in [-0.3, -0.25) is 14.2 Å². The Balaban J connectivity index is 1.91. The third-order valence-electron chi connectivity index (χ3n) is 3.51. The molecule has 0 aliphatic rings. The van der Waals surface area contributed by atoms with E-state index in [1.54, 1.807) is 25.4 Å². The van der Waals surface area contributed by atoms with Gasteiger partial charge in [0.25, 0.3) is 11.5 Å². The van der Waals surface area contributed by atoms with Gasteiger partial charge in [0.2, 0.25) is 0 Å². The van der Waals surface area contributed by atoms with Gasteiger partial charge < -0.3 is 5.32 Å². The van der Waals surface area contributed by atoms with Crippen molar-refractivity contribution in [3.63, 3.8) is 0 Å². The first kappa shape index (κ1) is 14.0. The van der Waals surface area contributed by atoms with Gasteiger partial charge in [-0.05, 0) is 23.8 Å². The lowest BCUT2D eigenvalue weighted by molar-refractivity contribution is 0.0949. The van der Waals surface area contributed by atoms with Crippen LogP contribution in [0, 0.1) is 0 Å². The van der Waals surface area contributed by atoms with E-state index >= 15 is 0 Å². The molecule has 3 aromatic rings. The molecule has 0 atom stereocenters. The van der Waals surface area contributed by atoms with Crippen molar-refractivity contribution < 1.29 is 4.79 Å². The van der Waals surface area contributed by atoms with Gasteiger partial charge in [-0.25, -0.2) is 4.98 Å². The summed E-state index contributed by atoms with van der Waals surface area (Å²) in [6.07, 6.45) is 1.62. The lowest BCUT2D eigenvalue weighted by Crippen LogP contribution is -2.32.